The number of ether oxygens (including phenoxy) is 4. The van der Waals surface area contributed by atoms with E-state index in [9.17, 15) is 9.59 Å². The lowest BCUT2D eigenvalue weighted by Crippen LogP contribution is -2.24. The Hall–Kier alpha value is -3.28. The molecule has 0 N–H and O–H groups in total. The molecule has 0 bridgehead atoms. The Bertz CT molecular complexity index is 1070. The number of esters is 1. The van der Waals surface area contributed by atoms with Crippen molar-refractivity contribution in [2.75, 3.05) is 20.0 Å². The van der Waals surface area contributed by atoms with Crippen LogP contribution in [0.15, 0.2) is 42.5 Å². The molecule has 0 heterocycles. The van der Waals surface area contributed by atoms with Gasteiger partial charge in [0.25, 0.3) is 0 Å². The fourth-order valence-corrected chi connectivity index (χ4v) is 3.31. The summed E-state index contributed by atoms with van der Waals surface area (Å²) in [4.78, 5) is 24.7. The number of carbonyl (C=O) groups is 2. The van der Waals surface area contributed by atoms with Gasteiger partial charge in [0.05, 0.1) is 18.6 Å². The summed E-state index contributed by atoms with van der Waals surface area (Å²) >= 11 is 0. The third kappa shape index (κ3) is 9.27. The zero-order valence-corrected chi connectivity index (χ0v) is 23.6. The SMILES string of the molecule is CCCOc1cc(OCCC)c(C(C)(C)C)cc1C=CC(=O)c1ccc(OCOC(=O)C(C)(C)C)cc1. The molecule has 0 aliphatic rings. The molecule has 0 unspecified atom stereocenters. The highest BCUT2D eigenvalue weighted by molar-refractivity contribution is 6.07. The van der Waals surface area contributed by atoms with Crippen molar-refractivity contribution >= 4 is 17.8 Å². The molecule has 2 rings (SSSR count). The summed E-state index contributed by atoms with van der Waals surface area (Å²) in [6.07, 6.45) is 5.13. The minimum Gasteiger partial charge on any atom is -0.493 e. The monoisotopic (exact) mass is 510 g/mol. The van der Waals surface area contributed by atoms with Gasteiger partial charge >= 0.3 is 5.97 Å². The first kappa shape index (κ1) is 29.9. The van der Waals surface area contributed by atoms with Gasteiger partial charge < -0.3 is 18.9 Å². The molecule has 0 aliphatic heterocycles. The summed E-state index contributed by atoms with van der Waals surface area (Å²) in [6, 6.07) is 10.7. The molecule has 0 atom stereocenters. The highest BCUT2D eigenvalue weighted by Gasteiger charge is 2.23. The molecule has 2 aromatic carbocycles. The van der Waals surface area contributed by atoms with Crippen molar-refractivity contribution in [3.63, 3.8) is 0 Å². The van der Waals surface area contributed by atoms with Crippen LogP contribution in [0, 0.1) is 5.41 Å². The highest BCUT2D eigenvalue weighted by Crippen LogP contribution is 2.37. The predicted octanol–water partition coefficient (Wildman–Crippen LogP) is 7.38. The first-order valence-electron chi connectivity index (χ1n) is 12.9. The molecular weight excluding hydrogens is 468 g/mol. The van der Waals surface area contributed by atoms with Gasteiger partial charge in [-0.15, -0.1) is 0 Å². The molecule has 202 valence electrons. The Balaban J connectivity index is 2.20. The van der Waals surface area contributed by atoms with E-state index >= 15 is 0 Å². The number of allylic oxidation sites excluding steroid dienone is 1. The normalized spacial score (nSPS) is 11.9. The minimum atomic E-state index is -0.593. The first-order chi connectivity index (χ1) is 17.4. The molecule has 0 spiro atoms. The molecule has 0 fully saturated rings. The average molecular weight is 511 g/mol. The lowest BCUT2D eigenvalue weighted by Gasteiger charge is -2.25. The fourth-order valence-electron chi connectivity index (χ4n) is 3.31. The van der Waals surface area contributed by atoms with E-state index in [0.29, 0.717) is 30.3 Å². The second-order valence-electron chi connectivity index (χ2n) is 11.0. The summed E-state index contributed by atoms with van der Waals surface area (Å²) in [5, 5.41) is 0. The fraction of sp³-hybridized carbons (Fsp3) is 0.484. The number of carbonyl (C=O) groups excluding carboxylic acids is 2. The van der Waals surface area contributed by atoms with Crippen molar-refractivity contribution in [2.24, 2.45) is 5.41 Å². The Morgan fingerprint density at radius 2 is 1.41 bits per heavy atom. The van der Waals surface area contributed by atoms with Crippen LogP contribution in [-0.2, 0) is 14.9 Å². The van der Waals surface area contributed by atoms with Crippen LogP contribution < -0.4 is 14.2 Å². The maximum Gasteiger partial charge on any atom is 0.314 e. The summed E-state index contributed by atoms with van der Waals surface area (Å²) < 4.78 is 22.6. The van der Waals surface area contributed by atoms with Gasteiger partial charge in [0, 0.05) is 22.8 Å². The summed E-state index contributed by atoms with van der Waals surface area (Å²) in [6.45, 7) is 16.9. The zero-order valence-electron chi connectivity index (χ0n) is 23.6. The van der Waals surface area contributed by atoms with Crippen molar-refractivity contribution in [3.05, 3.63) is 59.2 Å². The quantitative estimate of drug-likeness (QED) is 0.128. The molecule has 6 nitrogen and oxygen atoms in total. The summed E-state index contributed by atoms with van der Waals surface area (Å²) in [5.41, 5.74) is 1.67. The van der Waals surface area contributed by atoms with Gasteiger partial charge in [-0.1, -0.05) is 34.6 Å². The van der Waals surface area contributed by atoms with Crippen molar-refractivity contribution < 1.29 is 28.5 Å². The van der Waals surface area contributed by atoms with Crippen LogP contribution in [0.4, 0.5) is 0 Å². The lowest BCUT2D eigenvalue weighted by atomic mass is 9.85. The highest BCUT2D eigenvalue weighted by atomic mass is 16.7. The average Bonchev–Trinajstić information content (AvgIpc) is 2.84. The van der Waals surface area contributed by atoms with Crippen molar-refractivity contribution in [1.82, 2.24) is 0 Å². The van der Waals surface area contributed by atoms with E-state index in [1.54, 1.807) is 57.2 Å². The van der Waals surface area contributed by atoms with E-state index in [0.717, 1.165) is 29.7 Å². The molecule has 0 radical (unpaired) electrons. The van der Waals surface area contributed by atoms with Gasteiger partial charge in [-0.25, -0.2) is 0 Å². The molecule has 0 aromatic heterocycles. The smallest absolute Gasteiger partial charge is 0.314 e. The van der Waals surface area contributed by atoms with E-state index in [-0.39, 0.29) is 24.0 Å². The lowest BCUT2D eigenvalue weighted by molar-refractivity contribution is -0.159. The Morgan fingerprint density at radius 1 is 0.811 bits per heavy atom. The summed E-state index contributed by atoms with van der Waals surface area (Å²) in [7, 11) is 0. The van der Waals surface area contributed by atoms with Crippen LogP contribution in [0.2, 0.25) is 0 Å². The maximum atomic E-state index is 12.9. The largest absolute Gasteiger partial charge is 0.493 e. The summed E-state index contributed by atoms with van der Waals surface area (Å²) in [5.74, 6) is 1.53. The van der Waals surface area contributed by atoms with Gasteiger partial charge in [0.2, 0.25) is 6.79 Å². The zero-order chi connectivity index (χ0) is 27.6. The second-order valence-corrected chi connectivity index (χ2v) is 11.0. The number of ketones is 1. The van der Waals surface area contributed by atoms with Crippen LogP contribution in [0.5, 0.6) is 17.2 Å². The number of rotatable bonds is 12. The topological polar surface area (TPSA) is 71.1 Å². The number of hydrogen-bond acceptors (Lipinski definition) is 6. The first-order valence-corrected chi connectivity index (χ1v) is 12.9. The van der Waals surface area contributed by atoms with Crippen LogP contribution in [0.3, 0.4) is 0 Å². The van der Waals surface area contributed by atoms with Gasteiger partial charge in [-0.05, 0) is 81.5 Å². The maximum absolute atomic E-state index is 12.9. The third-order valence-corrected chi connectivity index (χ3v) is 5.42. The molecule has 0 aliphatic carbocycles. The molecule has 0 saturated heterocycles. The van der Waals surface area contributed by atoms with E-state index in [4.69, 9.17) is 18.9 Å². The van der Waals surface area contributed by atoms with Crippen LogP contribution in [-0.4, -0.2) is 31.8 Å². The van der Waals surface area contributed by atoms with Crippen LogP contribution in [0.1, 0.15) is 89.7 Å². The Kier molecular flexibility index (Phi) is 10.8. The third-order valence-electron chi connectivity index (χ3n) is 5.42. The molecule has 0 amide bonds. The van der Waals surface area contributed by atoms with Crippen molar-refractivity contribution in [1.29, 1.82) is 0 Å². The van der Waals surface area contributed by atoms with Crippen LogP contribution >= 0.6 is 0 Å². The number of hydrogen-bond donors (Lipinski definition) is 0. The molecular formula is C31H42O6. The van der Waals surface area contributed by atoms with E-state index in [1.165, 1.54) is 0 Å². The van der Waals surface area contributed by atoms with E-state index in [2.05, 4.69) is 40.7 Å². The standard InChI is InChI=1S/C31H42O6/c1-9-17-34-27-20-28(35-18-10-2)25(30(3,4)5)19-23(27)13-16-26(32)22-11-14-24(15-12-22)36-21-37-29(33)31(6,7)8/h11-16,19-20H,9-10,17-18,21H2,1-8H3. The predicted molar refractivity (Wildman–Crippen MR) is 148 cm³/mol. The van der Waals surface area contributed by atoms with E-state index < -0.39 is 5.41 Å². The molecule has 0 saturated carbocycles. The van der Waals surface area contributed by atoms with Crippen molar-refractivity contribution in [2.45, 2.75) is 73.6 Å². The molecule has 37 heavy (non-hydrogen) atoms. The molecule has 2 aromatic rings. The van der Waals surface area contributed by atoms with E-state index in [1.807, 2.05) is 6.07 Å². The van der Waals surface area contributed by atoms with Gasteiger partial charge in [0.1, 0.15) is 17.2 Å². The minimum absolute atomic E-state index is 0.143. The van der Waals surface area contributed by atoms with Crippen molar-refractivity contribution in [3.8, 4) is 17.2 Å². The van der Waals surface area contributed by atoms with Gasteiger partial charge in [-0.3, -0.25) is 9.59 Å². The second kappa shape index (κ2) is 13.3. The van der Waals surface area contributed by atoms with Gasteiger partial charge in [0.15, 0.2) is 5.78 Å². The molecule has 6 heteroatoms. The number of benzene rings is 2. The van der Waals surface area contributed by atoms with Crippen LogP contribution in [0.25, 0.3) is 6.08 Å². The Morgan fingerprint density at radius 3 is 1.95 bits per heavy atom. The Labute approximate surface area is 222 Å². The van der Waals surface area contributed by atoms with Gasteiger partial charge in [-0.2, -0.15) is 0 Å².